The first-order chi connectivity index (χ1) is 8.29. The third-order valence-electron chi connectivity index (χ3n) is 3.43. The van der Waals surface area contributed by atoms with E-state index in [4.69, 9.17) is 5.73 Å². The van der Waals surface area contributed by atoms with Crippen molar-refractivity contribution in [1.82, 2.24) is 5.32 Å². The van der Waals surface area contributed by atoms with Crippen LogP contribution in [0.1, 0.15) is 36.7 Å². The quantitative estimate of drug-likeness (QED) is 0.850. The van der Waals surface area contributed by atoms with Gasteiger partial charge in [-0.1, -0.05) is 32.0 Å². The molecule has 0 bridgehead atoms. The lowest BCUT2D eigenvalue weighted by Gasteiger charge is -2.31. The van der Waals surface area contributed by atoms with E-state index in [0.29, 0.717) is 5.56 Å². The van der Waals surface area contributed by atoms with Crippen molar-refractivity contribution in [3.63, 3.8) is 0 Å². The molecule has 0 aliphatic heterocycles. The second-order valence-electron chi connectivity index (χ2n) is 4.99. The summed E-state index contributed by atoms with van der Waals surface area (Å²) in [6, 6.07) is 7.24. The molecular weight excluding hydrogens is 228 g/mol. The van der Waals surface area contributed by atoms with E-state index >= 15 is 0 Å². The lowest BCUT2D eigenvalue weighted by atomic mass is 9.87. The number of nitrogens with two attached hydrogens (primary N) is 1. The Kier molecular flexibility index (Phi) is 4.11. The van der Waals surface area contributed by atoms with Crippen molar-refractivity contribution < 1.29 is 9.59 Å². The van der Waals surface area contributed by atoms with Gasteiger partial charge < -0.3 is 11.1 Å². The van der Waals surface area contributed by atoms with Gasteiger partial charge in [0.05, 0.1) is 0 Å². The van der Waals surface area contributed by atoms with Crippen LogP contribution in [0, 0.1) is 12.8 Å². The highest BCUT2D eigenvalue weighted by Gasteiger charge is 2.36. The van der Waals surface area contributed by atoms with E-state index in [2.05, 4.69) is 5.32 Å². The Balaban J connectivity index is 3.00. The molecule has 98 valence electrons. The Labute approximate surface area is 108 Å². The maximum Gasteiger partial charge on any atom is 0.252 e. The summed E-state index contributed by atoms with van der Waals surface area (Å²) in [5.41, 5.74) is 5.77. The minimum Gasteiger partial charge on any atom is -0.368 e. The standard InChI is InChI=1S/C14H20N2O2/c1-9(2)14(4,13(15)18)16-12(17)11-8-6-5-7-10(11)3/h5-9H,1-4H3,(H2,15,18)(H,16,17). The van der Waals surface area contributed by atoms with Gasteiger partial charge in [-0.25, -0.2) is 0 Å². The summed E-state index contributed by atoms with van der Waals surface area (Å²) < 4.78 is 0. The molecule has 1 unspecified atom stereocenters. The zero-order valence-electron chi connectivity index (χ0n) is 11.3. The van der Waals surface area contributed by atoms with E-state index in [9.17, 15) is 9.59 Å². The van der Waals surface area contributed by atoms with Crippen molar-refractivity contribution in [2.45, 2.75) is 33.2 Å². The zero-order valence-corrected chi connectivity index (χ0v) is 11.3. The first-order valence-electron chi connectivity index (χ1n) is 5.97. The summed E-state index contributed by atoms with van der Waals surface area (Å²) >= 11 is 0. The number of aryl methyl sites for hydroxylation is 1. The van der Waals surface area contributed by atoms with E-state index in [1.165, 1.54) is 0 Å². The summed E-state index contributed by atoms with van der Waals surface area (Å²) in [5.74, 6) is -0.884. The second-order valence-corrected chi connectivity index (χ2v) is 4.99. The number of rotatable bonds is 4. The summed E-state index contributed by atoms with van der Waals surface area (Å²) in [6.45, 7) is 7.20. The van der Waals surface area contributed by atoms with Crippen molar-refractivity contribution in [2.24, 2.45) is 11.7 Å². The van der Waals surface area contributed by atoms with Gasteiger partial charge in [0, 0.05) is 5.56 Å². The largest absolute Gasteiger partial charge is 0.368 e. The first-order valence-corrected chi connectivity index (χ1v) is 5.97. The van der Waals surface area contributed by atoms with Crippen LogP contribution in [0.4, 0.5) is 0 Å². The molecule has 1 aromatic rings. The van der Waals surface area contributed by atoms with Crippen LogP contribution in [0.25, 0.3) is 0 Å². The predicted molar refractivity (Wildman–Crippen MR) is 71.1 cm³/mol. The molecule has 3 N–H and O–H groups in total. The molecule has 0 saturated heterocycles. The molecule has 0 aliphatic rings. The first kappa shape index (κ1) is 14.2. The van der Waals surface area contributed by atoms with Gasteiger partial charge in [-0.3, -0.25) is 9.59 Å². The highest BCUT2D eigenvalue weighted by Crippen LogP contribution is 2.17. The van der Waals surface area contributed by atoms with Crippen LogP contribution < -0.4 is 11.1 Å². The molecule has 0 aliphatic carbocycles. The molecule has 18 heavy (non-hydrogen) atoms. The number of hydrogen-bond acceptors (Lipinski definition) is 2. The van der Waals surface area contributed by atoms with Crippen LogP contribution in [0.5, 0.6) is 0 Å². The number of carbonyl (C=O) groups excluding carboxylic acids is 2. The van der Waals surface area contributed by atoms with Crippen molar-refractivity contribution in [3.8, 4) is 0 Å². The van der Waals surface area contributed by atoms with E-state index < -0.39 is 11.4 Å². The van der Waals surface area contributed by atoms with Gasteiger partial charge in [0.15, 0.2) is 0 Å². The Hall–Kier alpha value is -1.84. The van der Waals surface area contributed by atoms with Crippen LogP contribution in [0.2, 0.25) is 0 Å². The fraction of sp³-hybridized carbons (Fsp3) is 0.429. The maximum atomic E-state index is 12.2. The molecule has 0 saturated carbocycles. The molecule has 4 heteroatoms. The topological polar surface area (TPSA) is 72.2 Å². The Morgan fingerprint density at radius 3 is 2.28 bits per heavy atom. The van der Waals surface area contributed by atoms with Crippen molar-refractivity contribution >= 4 is 11.8 Å². The Bertz CT molecular complexity index is 469. The normalized spacial score (nSPS) is 14.1. The number of primary amides is 1. The summed E-state index contributed by atoms with van der Waals surface area (Å²) in [4.78, 5) is 23.7. The highest BCUT2D eigenvalue weighted by atomic mass is 16.2. The third-order valence-corrected chi connectivity index (χ3v) is 3.43. The lowest BCUT2D eigenvalue weighted by molar-refractivity contribution is -0.125. The van der Waals surface area contributed by atoms with Crippen LogP contribution in [-0.2, 0) is 4.79 Å². The molecule has 2 amide bonds. The molecule has 1 atom stereocenters. The van der Waals surface area contributed by atoms with E-state index in [1.807, 2.05) is 32.9 Å². The molecule has 0 radical (unpaired) electrons. The SMILES string of the molecule is Cc1ccccc1C(=O)NC(C)(C(N)=O)C(C)C. The van der Waals surface area contributed by atoms with E-state index in [-0.39, 0.29) is 11.8 Å². The van der Waals surface area contributed by atoms with Crippen LogP contribution in [-0.4, -0.2) is 17.4 Å². The molecule has 0 fully saturated rings. The third kappa shape index (κ3) is 2.70. The van der Waals surface area contributed by atoms with E-state index in [1.54, 1.807) is 19.1 Å². The van der Waals surface area contributed by atoms with Gasteiger partial charge in [0.25, 0.3) is 5.91 Å². The fourth-order valence-electron chi connectivity index (χ4n) is 1.62. The molecule has 1 aromatic carbocycles. The number of hydrogen-bond donors (Lipinski definition) is 2. The Morgan fingerprint density at radius 2 is 1.83 bits per heavy atom. The minimum atomic E-state index is -1.04. The van der Waals surface area contributed by atoms with Gasteiger partial charge in [0.2, 0.25) is 5.91 Å². The van der Waals surface area contributed by atoms with Gasteiger partial charge in [-0.05, 0) is 31.4 Å². The number of carbonyl (C=O) groups is 2. The average Bonchev–Trinajstić information content (AvgIpc) is 2.28. The van der Waals surface area contributed by atoms with Crippen molar-refractivity contribution in [1.29, 1.82) is 0 Å². The molecule has 4 nitrogen and oxygen atoms in total. The molecule has 0 heterocycles. The molecule has 1 rings (SSSR count). The fourth-order valence-corrected chi connectivity index (χ4v) is 1.62. The Morgan fingerprint density at radius 1 is 1.28 bits per heavy atom. The monoisotopic (exact) mass is 248 g/mol. The van der Waals surface area contributed by atoms with Crippen molar-refractivity contribution in [3.05, 3.63) is 35.4 Å². The molecule has 0 aromatic heterocycles. The minimum absolute atomic E-state index is 0.0806. The van der Waals surface area contributed by atoms with Crippen LogP contribution >= 0.6 is 0 Å². The number of benzene rings is 1. The van der Waals surface area contributed by atoms with Gasteiger partial charge in [-0.15, -0.1) is 0 Å². The molecule has 0 spiro atoms. The van der Waals surface area contributed by atoms with Crippen LogP contribution in [0.3, 0.4) is 0 Å². The highest BCUT2D eigenvalue weighted by molar-refractivity contribution is 5.99. The average molecular weight is 248 g/mol. The summed E-state index contributed by atoms with van der Waals surface area (Å²) in [6.07, 6.45) is 0. The van der Waals surface area contributed by atoms with Gasteiger partial charge in [0.1, 0.15) is 5.54 Å². The summed E-state index contributed by atoms with van der Waals surface area (Å²) in [7, 11) is 0. The van der Waals surface area contributed by atoms with E-state index in [0.717, 1.165) is 5.56 Å². The smallest absolute Gasteiger partial charge is 0.252 e. The van der Waals surface area contributed by atoms with Crippen LogP contribution in [0.15, 0.2) is 24.3 Å². The van der Waals surface area contributed by atoms with Crippen molar-refractivity contribution in [2.75, 3.05) is 0 Å². The van der Waals surface area contributed by atoms with Gasteiger partial charge in [-0.2, -0.15) is 0 Å². The van der Waals surface area contributed by atoms with Gasteiger partial charge >= 0.3 is 0 Å². The summed E-state index contributed by atoms with van der Waals surface area (Å²) in [5, 5.41) is 2.74. The second kappa shape index (κ2) is 5.21. The molecular formula is C14H20N2O2. The number of nitrogens with one attached hydrogen (secondary N) is 1. The maximum absolute atomic E-state index is 12.2. The zero-order chi connectivity index (χ0) is 13.9. The predicted octanol–water partition coefficient (Wildman–Crippen LogP) is 1.62. The lowest BCUT2D eigenvalue weighted by Crippen LogP contribution is -2.58. The number of amides is 2.